The Morgan fingerprint density at radius 2 is 1.92 bits per heavy atom. The van der Waals surface area contributed by atoms with Crippen LogP contribution in [0.1, 0.15) is 35.2 Å². The van der Waals surface area contributed by atoms with Gasteiger partial charge in [0.25, 0.3) is 5.91 Å². The lowest BCUT2D eigenvalue weighted by molar-refractivity contribution is 0.0998. The monoisotopic (exact) mass is 396 g/mol. The molecule has 2 aromatic carbocycles. The third-order valence-electron chi connectivity index (χ3n) is 4.29. The molecule has 124 valence electrons. The molecule has 25 heavy (non-hydrogen) atoms. The predicted octanol–water partition coefficient (Wildman–Crippen LogP) is 5.47. The van der Waals surface area contributed by atoms with Crippen molar-refractivity contribution in [1.82, 2.24) is 4.98 Å². The molecular formula is C19H13BrN2O3. The van der Waals surface area contributed by atoms with Gasteiger partial charge in [0.2, 0.25) is 0 Å². The SMILES string of the molecule is O=C(Nc1ccc2oc(C3CC3)nc2c1)c1cc2cc(Br)ccc2o1. The van der Waals surface area contributed by atoms with Crippen molar-refractivity contribution in [3.8, 4) is 0 Å². The summed E-state index contributed by atoms with van der Waals surface area (Å²) in [5, 5.41) is 3.73. The summed E-state index contributed by atoms with van der Waals surface area (Å²) in [6.45, 7) is 0. The van der Waals surface area contributed by atoms with Gasteiger partial charge >= 0.3 is 0 Å². The Kier molecular flexibility index (Phi) is 3.21. The Balaban J connectivity index is 1.42. The first-order chi connectivity index (χ1) is 12.2. The van der Waals surface area contributed by atoms with E-state index in [-0.39, 0.29) is 11.7 Å². The van der Waals surface area contributed by atoms with Crippen LogP contribution < -0.4 is 5.32 Å². The quantitative estimate of drug-likeness (QED) is 0.498. The van der Waals surface area contributed by atoms with Gasteiger partial charge in [-0.1, -0.05) is 15.9 Å². The minimum absolute atomic E-state index is 0.270. The first-order valence-electron chi connectivity index (χ1n) is 8.07. The standard InChI is InChI=1S/C19H13BrN2O3/c20-12-3-5-15-11(7-12)8-17(24-15)18(23)21-13-4-6-16-14(9-13)22-19(25-16)10-1-2-10/h3-10H,1-2H2,(H,21,23). The van der Waals surface area contributed by atoms with Gasteiger partial charge in [-0.3, -0.25) is 4.79 Å². The fourth-order valence-corrected chi connectivity index (χ4v) is 3.23. The fourth-order valence-electron chi connectivity index (χ4n) is 2.85. The number of nitrogens with zero attached hydrogens (tertiary/aromatic N) is 1. The van der Waals surface area contributed by atoms with E-state index in [0.29, 0.717) is 17.2 Å². The Bertz CT molecular complexity index is 1120. The number of benzene rings is 2. The molecule has 1 N–H and O–H groups in total. The second-order valence-electron chi connectivity index (χ2n) is 6.26. The minimum atomic E-state index is -0.294. The van der Waals surface area contributed by atoms with Crippen LogP contribution in [0.2, 0.25) is 0 Å². The molecule has 0 unspecified atom stereocenters. The third kappa shape index (κ3) is 2.72. The first-order valence-corrected chi connectivity index (χ1v) is 8.86. The second kappa shape index (κ2) is 5.46. The lowest BCUT2D eigenvalue weighted by atomic mass is 10.2. The molecule has 0 saturated heterocycles. The number of hydrogen-bond donors (Lipinski definition) is 1. The number of halogens is 1. The molecule has 5 nitrogen and oxygen atoms in total. The highest BCUT2D eigenvalue weighted by Crippen LogP contribution is 2.40. The third-order valence-corrected chi connectivity index (χ3v) is 4.78. The summed E-state index contributed by atoms with van der Waals surface area (Å²) in [7, 11) is 0. The van der Waals surface area contributed by atoms with Gasteiger partial charge in [-0.05, 0) is 55.3 Å². The Morgan fingerprint density at radius 1 is 1.08 bits per heavy atom. The van der Waals surface area contributed by atoms with Crippen LogP contribution >= 0.6 is 15.9 Å². The molecule has 1 saturated carbocycles. The first kappa shape index (κ1) is 14.7. The molecule has 1 aliphatic carbocycles. The number of carbonyl (C=O) groups is 1. The van der Waals surface area contributed by atoms with Gasteiger partial charge in [0.05, 0.1) is 0 Å². The van der Waals surface area contributed by atoms with E-state index in [4.69, 9.17) is 8.83 Å². The molecule has 0 bridgehead atoms. The van der Waals surface area contributed by atoms with E-state index >= 15 is 0 Å². The number of oxazole rings is 1. The van der Waals surface area contributed by atoms with Crippen molar-refractivity contribution in [2.45, 2.75) is 18.8 Å². The lowest BCUT2D eigenvalue weighted by Crippen LogP contribution is -2.10. The van der Waals surface area contributed by atoms with Gasteiger partial charge in [-0.15, -0.1) is 0 Å². The highest BCUT2D eigenvalue weighted by atomic mass is 79.9. The van der Waals surface area contributed by atoms with Gasteiger partial charge in [-0.25, -0.2) is 4.98 Å². The Morgan fingerprint density at radius 3 is 2.76 bits per heavy atom. The molecule has 1 fully saturated rings. The molecule has 0 spiro atoms. The highest BCUT2D eigenvalue weighted by molar-refractivity contribution is 9.10. The van der Waals surface area contributed by atoms with E-state index in [0.717, 1.165) is 39.7 Å². The van der Waals surface area contributed by atoms with Crippen molar-refractivity contribution in [2.75, 3.05) is 5.32 Å². The topological polar surface area (TPSA) is 68.3 Å². The van der Waals surface area contributed by atoms with E-state index in [2.05, 4.69) is 26.2 Å². The number of hydrogen-bond acceptors (Lipinski definition) is 4. The zero-order valence-electron chi connectivity index (χ0n) is 13.1. The molecule has 2 heterocycles. The zero-order valence-corrected chi connectivity index (χ0v) is 14.7. The fraction of sp³-hybridized carbons (Fsp3) is 0.158. The average Bonchev–Trinajstić information content (AvgIpc) is 3.22. The maximum absolute atomic E-state index is 12.5. The molecule has 6 heteroatoms. The van der Waals surface area contributed by atoms with Gasteiger partial charge < -0.3 is 14.2 Å². The summed E-state index contributed by atoms with van der Waals surface area (Å²) >= 11 is 3.41. The Hall–Kier alpha value is -2.60. The molecule has 0 atom stereocenters. The number of anilines is 1. The molecular weight excluding hydrogens is 384 g/mol. The second-order valence-corrected chi connectivity index (χ2v) is 7.17. The maximum atomic E-state index is 12.5. The van der Waals surface area contributed by atoms with Crippen molar-refractivity contribution in [3.63, 3.8) is 0 Å². The number of rotatable bonds is 3. The summed E-state index contributed by atoms with van der Waals surface area (Å²) in [6.07, 6.45) is 2.27. The van der Waals surface area contributed by atoms with Crippen molar-refractivity contribution in [3.05, 3.63) is 58.6 Å². The molecule has 0 aliphatic heterocycles. The number of furan rings is 1. The minimum Gasteiger partial charge on any atom is -0.451 e. The summed E-state index contributed by atoms with van der Waals surface area (Å²) in [5.41, 5.74) is 2.84. The summed E-state index contributed by atoms with van der Waals surface area (Å²) in [6, 6.07) is 12.8. The number of carbonyl (C=O) groups excluding carboxylic acids is 1. The van der Waals surface area contributed by atoms with E-state index < -0.39 is 0 Å². The van der Waals surface area contributed by atoms with Crippen LogP contribution in [0.3, 0.4) is 0 Å². The molecule has 0 radical (unpaired) electrons. The normalized spacial score (nSPS) is 14.3. The highest BCUT2D eigenvalue weighted by Gasteiger charge is 2.28. The van der Waals surface area contributed by atoms with Gasteiger partial charge in [0, 0.05) is 21.5 Å². The zero-order chi connectivity index (χ0) is 17.0. The van der Waals surface area contributed by atoms with Crippen LogP contribution in [-0.2, 0) is 0 Å². The van der Waals surface area contributed by atoms with Crippen LogP contribution in [0.25, 0.3) is 22.1 Å². The number of nitrogens with one attached hydrogen (secondary N) is 1. The number of aromatic nitrogens is 1. The van der Waals surface area contributed by atoms with E-state index in [1.54, 1.807) is 12.1 Å². The van der Waals surface area contributed by atoms with Crippen molar-refractivity contribution in [2.24, 2.45) is 0 Å². The van der Waals surface area contributed by atoms with Crippen molar-refractivity contribution < 1.29 is 13.6 Å². The smallest absolute Gasteiger partial charge is 0.291 e. The lowest BCUT2D eigenvalue weighted by Gasteiger charge is -2.02. The molecule has 1 aliphatic rings. The van der Waals surface area contributed by atoms with Gasteiger partial charge in [0.1, 0.15) is 11.1 Å². The van der Waals surface area contributed by atoms with Crippen molar-refractivity contribution >= 4 is 49.6 Å². The van der Waals surface area contributed by atoms with E-state index in [1.165, 1.54) is 0 Å². The largest absolute Gasteiger partial charge is 0.451 e. The average molecular weight is 397 g/mol. The summed E-state index contributed by atoms with van der Waals surface area (Å²) in [4.78, 5) is 17.0. The number of fused-ring (bicyclic) bond motifs is 2. The molecule has 2 aromatic heterocycles. The maximum Gasteiger partial charge on any atom is 0.291 e. The van der Waals surface area contributed by atoms with E-state index in [1.807, 2.05) is 30.3 Å². The van der Waals surface area contributed by atoms with E-state index in [9.17, 15) is 4.79 Å². The van der Waals surface area contributed by atoms with Gasteiger partial charge in [-0.2, -0.15) is 0 Å². The molecule has 4 aromatic rings. The number of amides is 1. The van der Waals surface area contributed by atoms with Crippen molar-refractivity contribution in [1.29, 1.82) is 0 Å². The summed E-state index contributed by atoms with van der Waals surface area (Å²) < 4.78 is 12.3. The van der Waals surface area contributed by atoms with Crippen LogP contribution in [0.4, 0.5) is 5.69 Å². The Labute approximate surface area is 151 Å². The molecule has 5 rings (SSSR count). The van der Waals surface area contributed by atoms with Crippen LogP contribution in [0, 0.1) is 0 Å². The summed E-state index contributed by atoms with van der Waals surface area (Å²) in [5.74, 6) is 1.23. The van der Waals surface area contributed by atoms with Gasteiger partial charge in [0.15, 0.2) is 17.2 Å². The van der Waals surface area contributed by atoms with Crippen LogP contribution in [0.15, 0.2) is 55.8 Å². The van der Waals surface area contributed by atoms with Crippen LogP contribution in [-0.4, -0.2) is 10.9 Å². The van der Waals surface area contributed by atoms with Crippen LogP contribution in [0.5, 0.6) is 0 Å². The predicted molar refractivity (Wildman–Crippen MR) is 97.9 cm³/mol. The molecule has 1 amide bonds.